The summed E-state index contributed by atoms with van der Waals surface area (Å²) in [6.07, 6.45) is 0.309. The van der Waals surface area contributed by atoms with E-state index in [0.29, 0.717) is 6.42 Å². The first-order valence-electron chi connectivity index (χ1n) is 5.34. The number of hydrogen-bond acceptors (Lipinski definition) is 1. The van der Waals surface area contributed by atoms with Crippen LogP contribution in [0.2, 0.25) is 0 Å². The van der Waals surface area contributed by atoms with Crippen molar-refractivity contribution in [2.75, 3.05) is 0 Å². The lowest BCUT2D eigenvalue weighted by atomic mass is 9.97. The van der Waals surface area contributed by atoms with Crippen molar-refractivity contribution in [3.05, 3.63) is 33.7 Å². The van der Waals surface area contributed by atoms with Gasteiger partial charge in [0.1, 0.15) is 0 Å². The van der Waals surface area contributed by atoms with E-state index in [-0.39, 0.29) is 17.9 Å². The van der Waals surface area contributed by atoms with Crippen LogP contribution >= 0.6 is 0 Å². The summed E-state index contributed by atoms with van der Waals surface area (Å²) in [5.74, 6) is -2.80. The van der Waals surface area contributed by atoms with Gasteiger partial charge in [-0.2, -0.15) is 0 Å². The molecular formula is C12H17F2NO. The van der Waals surface area contributed by atoms with Crippen LogP contribution in [0.1, 0.15) is 31.5 Å². The van der Waals surface area contributed by atoms with Gasteiger partial charge in [-0.15, -0.1) is 0 Å². The topological polar surface area (TPSA) is 32.9 Å². The molecule has 90 valence electrons. The Kier molecular flexibility index (Phi) is 3.83. The molecule has 16 heavy (non-hydrogen) atoms. The molecule has 1 heterocycles. The number of halogens is 2. The molecule has 0 bridgehead atoms. The molecule has 1 rings (SSSR count). The van der Waals surface area contributed by atoms with Crippen LogP contribution in [0, 0.1) is 12.8 Å². The van der Waals surface area contributed by atoms with Crippen LogP contribution in [0.4, 0.5) is 8.78 Å². The third kappa shape index (κ3) is 4.55. The quantitative estimate of drug-likeness (QED) is 0.846. The summed E-state index contributed by atoms with van der Waals surface area (Å²) < 4.78 is 25.5. The number of pyridine rings is 1. The third-order valence-electron chi connectivity index (χ3n) is 2.32. The van der Waals surface area contributed by atoms with Crippen molar-refractivity contribution in [3.8, 4) is 0 Å². The Morgan fingerprint density at radius 2 is 2.06 bits per heavy atom. The van der Waals surface area contributed by atoms with Gasteiger partial charge in [0.15, 0.2) is 0 Å². The monoisotopic (exact) mass is 229 g/mol. The molecule has 2 nitrogen and oxygen atoms in total. The minimum atomic E-state index is -2.65. The largest absolute Gasteiger partial charge is 0.326 e. The molecule has 1 atom stereocenters. The van der Waals surface area contributed by atoms with Crippen LogP contribution in [-0.4, -0.2) is 10.9 Å². The van der Waals surface area contributed by atoms with Gasteiger partial charge in [-0.1, -0.05) is 6.92 Å². The van der Waals surface area contributed by atoms with Crippen molar-refractivity contribution in [2.45, 2.75) is 39.5 Å². The van der Waals surface area contributed by atoms with Crippen LogP contribution in [-0.2, 0) is 6.42 Å². The molecule has 0 saturated carbocycles. The Hall–Kier alpha value is -1.19. The highest BCUT2D eigenvalue weighted by Crippen LogP contribution is 2.24. The minimum absolute atomic E-state index is 0.155. The van der Waals surface area contributed by atoms with E-state index in [2.05, 4.69) is 4.98 Å². The maximum absolute atomic E-state index is 12.8. The van der Waals surface area contributed by atoms with Gasteiger partial charge in [0, 0.05) is 18.2 Å². The molecule has 1 aromatic heterocycles. The average molecular weight is 229 g/mol. The number of nitrogens with one attached hydrogen (secondary N) is 1. The minimum Gasteiger partial charge on any atom is -0.326 e. The van der Waals surface area contributed by atoms with E-state index in [1.807, 2.05) is 13.0 Å². The lowest BCUT2D eigenvalue weighted by Crippen LogP contribution is -2.18. The fourth-order valence-corrected chi connectivity index (χ4v) is 1.92. The van der Waals surface area contributed by atoms with Gasteiger partial charge in [0.25, 0.3) is 0 Å². The zero-order valence-electron chi connectivity index (χ0n) is 9.81. The summed E-state index contributed by atoms with van der Waals surface area (Å²) in [5.41, 5.74) is 1.40. The van der Waals surface area contributed by atoms with Crippen LogP contribution in [0.3, 0.4) is 0 Å². The number of rotatable bonds is 4. The molecule has 0 aliphatic rings. The second-order valence-electron chi connectivity index (χ2n) is 4.63. The molecule has 0 spiro atoms. The second kappa shape index (κ2) is 4.76. The predicted octanol–water partition coefficient (Wildman–Crippen LogP) is 2.91. The van der Waals surface area contributed by atoms with Crippen molar-refractivity contribution in [1.29, 1.82) is 0 Å². The molecule has 0 fully saturated rings. The van der Waals surface area contributed by atoms with Crippen molar-refractivity contribution < 1.29 is 8.78 Å². The first-order valence-corrected chi connectivity index (χ1v) is 5.34. The first kappa shape index (κ1) is 12.9. The normalized spacial score (nSPS) is 13.8. The van der Waals surface area contributed by atoms with Crippen molar-refractivity contribution in [1.82, 2.24) is 4.98 Å². The third-order valence-corrected chi connectivity index (χ3v) is 2.32. The van der Waals surface area contributed by atoms with E-state index in [1.165, 1.54) is 6.07 Å². The van der Waals surface area contributed by atoms with Gasteiger partial charge >= 0.3 is 0 Å². The van der Waals surface area contributed by atoms with Crippen molar-refractivity contribution in [2.24, 2.45) is 5.92 Å². The summed E-state index contributed by atoms with van der Waals surface area (Å²) in [7, 11) is 0. The highest BCUT2D eigenvalue weighted by Gasteiger charge is 2.24. The molecule has 0 aromatic carbocycles. The van der Waals surface area contributed by atoms with Gasteiger partial charge < -0.3 is 4.98 Å². The highest BCUT2D eigenvalue weighted by atomic mass is 19.3. The summed E-state index contributed by atoms with van der Waals surface area (Å²) in [6.45, 7) is 4.50. The molecule has 1 aromatic rings. The molecule has 0 amide bonds. The first-order chi connectivity index (χ1) is 7.26. The number of H-pyrrole nitrogens is 1. The number of aryl methyl sites for hydroxylation is 1. The lowest BCUT2D eigenvalue weighted by Gasteiger charge is -2.16. The van der Waals surface area contributed by atoms with Crippen LogP contribution in [0.15, 0.2) is 16.9 Å². The number of aromatic amines is 1. The number of aromatic nitrogens is 1. The molecule has 1 N–H and O–H groups in total. The maximum atomic E-state index is 12.8. The predicted molar refractivity (Wildman–Crippen MR) is 59.9 cm³/mol. The summed E-state index contributed by atoms with van der Waals surface area (Å²) in [4.78, 5) is 13.8. The van der Waals surface area contributed by atoms with Crippen molar-refractivity contribution >= 4 is 0 Å². The van der Waals surface area contributed by atoms with E-state index in [9.17, 15) is 13.6 Å². The second-order valence-corrected chi connectivity index (χ2v) is 4.63. The van der Waals surface area contributed by atoms with E-state index < -0.39 is 5.92 Å². The fourth-order valence-electron chi connectivity index (χ4n) is 1.92. The number of hydrogen-bond donors (Lipinski definition) is 1. The molecule has 0 saturated heterocycles. The van der Waals surface area contributed by atoms with Crippen LogP contribution in [0.5, 0.6) is 0 Å². The van der Waals surface area contributed by atoms with Gasteiger partial charge in [0.2, 0.25) is 11.5 Å². The summed E-state index contributed by atoms with van der Waals surface area (Å²) in [6, 6.07) is 3.31. The molecule has 0 radical (unpaired) electrons. The maximum Gasteiger partial charge on any atom is 0.248 e. The molecule has 0 aliphatic carbocycles. The van der Waals surface area contributed by atoms with E-state index in [4.69, 9.17) is 0 Å². The van der Waals surface area contributed by atoms with E-state index >= 15 is 0 Å². The molecule has 1 unspecified atom stereocenters. The standard InChI is InChI=1S/C12H17F2NO/c1-8-4-10(15-11(16)6-8)5-9(2)7-12(3,13)14/h4,6,9H,5,7H2,1-3H3,(H,15,16). The fraction of sp³-hybridized carbons (Fsp3) is 0.583. The molecule has 4 heteroatoms. The summed E-state index contributed by atoms with van der Waals surface area (Å²) >= 11 is 0. The smallest absolute Gasteiger partial charge is 0.248 e. The Morgan fingerprint density at radius 1 is 1.44 bits per heavy atom. The Morgan fingerprint density at radius 3 is 2.56 bits per heavy atom. The summed E-state index contributed by atoms with van der Waals surface area (Å²) in [5, 5.41) is 0. The lowest BCUT2D eigenvalue weighted by molar-refractivity contribution is -0.00126. The Bertz CT molecular complexity index is 406. The van der Waals surface area contributed by atoms with Gasteiger partial charge in [-0.05, 0) is 37.8 Å². The number of alkyl halides is 2. The highest BCUT2D eigenvalue weighted by molar-refractivity contribution is 5.14. The Balaban J connectivity index is 2.70. The van der Waals surface area contributed by atoms with Crippen LogP contribution < -0.4 is 5.56 Å². The SMILES string of the molecule is Cc1cc(CC(C)CC(C)(F)F)[nH]c(=O)c1. The van der Waals surface area contributed by atoms with Gasteiger partial charge in [0.05, 0.1) is 0 Å². The van der Waals surface area contributed by atoms with E-state index in [0.717, 1.165) is 18.2 Å². The van der Waals surface area contributed by atoms with Gasteiger partial charge in [-0.25, -0.2) is 8.78 Å². The molecule has 0 aliphatic heterocycles. The van der Waals surface area contributed by atoms with Gasteiger partial charge in [-0.3, -0.25) is 4.79 Å². The Labute approximate surface area is 93.7 Å². The van der Waals surface area contributed by atoms with E-state index in [1.54, 1.807) is 6.92 Å². The zero-order chi connectivity index (χ0) is 12.3. The molecular weight excluding hydrogens is 212 g/mol. The van der Waals surface area contributed by atoms with Crippen molar-refractivity contribution in [3.63, 3.8) is 0 Å². The van der Waals surface area contributed by atoms with Crippen LogP contribution in [0.25, 0.3) is 0 Å². The zero-order valence-corrected chi connectivity index (χ0v) is 9.81. The average Bonchev–Trinajstić information content (AvgIpc) is 1.96.